The first-order chi connectivity index (χ1) is 11.0. The quantitative estimate of drug-likeness (QED) is 0.785. The average Bonchev–Trinajstić information content (AvgIpc) is 2.51. The van der Waals surface area contributed by atoms with Crippen molar-refractivity contribution in [2.75, 3.05) is 17.2 Å². The van der Waals surface area contributed by atoms with Gasteiger partial charge in [-0.1, -0.05) is 17.7 Å². The van der Waals surface area contributed by atoms with Crippen LogP contribution in [-0.4, -0.2) is 28.1 Å². The molecule has 23 heavy (non-hydrogen) atoms. The Morgan fingerprint density at radius 1 is 1.30 bits per heavy atom. The minimum atomic E-state index is -0.607. The van der Waals surface area contributed by atoms with E-state index >= 15 is 0 Å². The number of hydrogen-bond acceptors (Lipinski definition) is 4. The summed E-state index contributed by atoms with van der Waals surface area (Å²) >= 11 is 5.89. The molecule has 1 aromatic heterocycles. The lowest BCUT2D eigenvalue weighted by Gasteiger charge is -2.36. The molecular formula is C17H18ClN3O2. The van der Waals surface area contributed by atoms with Crippen molar-refractivity contribution >= 4 is 29.0 Å². The average molecular weight is 332 g/mol. The molecule has 1 heterocycles. The van der Waals surface area contributed by atoms with Gasteiger partial charge in [-0.15, -0.1) is 0 Å². The summed E-state index contributed by atoms with van der Waals surface area (Å²) in [5.41, 5.74) is 0.486. The highest BCUT2D eigenvalue weighted by atomic mass is 35.5. The van der Waals surface area contributed by atoms with Crippen LogP contribution in [0.1, 0.15) is 29.6 Å². The minimum Gasteiger partial charge on any atom is -0.388 e. The van der Waals surface area contributed by atoms with Gasteiger partial charge in [-0.25, -0.2) is 4.98 Å². The highest BCUT2D eigenvalue weighted by Crippen LogP contribution is 2.31. The first kappa shape index (κ1) is 15.8. The number of rotatable bonds is 5. The molecule has 1 aromatic carbocycles. The molecule has 2 aromatic rings. The van der Waals surface area contributed by atoms with Crippen LogP contribution in [0.5, 0.6) is 0 Å². The van der Waals surface area contributed by atoms with E-state index in [4.69, 9.17) is 11.6 Å². The molecule has 0 aliphatic heterocycles. The van der Waals surface area contributed by atoms with Crippen LogP contribution in [0.2, 0.25) is 5.02 Å². The van der Waals surface area contributed by atoms with Crippen molar-refractivity contribution in [2.24, 2.45) is 0 Å². The Labute approximate surface area is 139 Å². The van der Waals surface area contributed by atoms with Crippen molar-refractivity contribution in [3.05, 3.63) is 53.2 Å². The fraction of sp³-hybridized carbons (Fsp3) is 0.294. The molecule has 0 saturated heterocycles. The van der Waals surface area contributed by atoms with Gasteiger partial charge in [0.25, 0.3) is 5.91 Å². The first-order valence-corrected chi connectivity index (χ1v) is 7.91. The van der Waals surface area contributed by atoms with Crippen LogP contribution in [0, 0.1) is 0 Å². The van der Waals surface area contributed by atoms with E-state index in [1.54, 1.807) is 36.4 Å². The maximum atomic E-state index is 12.2. The Balaban J connectivity index is 1.58. The number of nitrogens with one attached hydrogen (secondary N) is 2. The fourth-order valence-electron chi connectivity index (χ4n) is 2.42. The van der Waals surface area contributed by atoms with Crippen molar-refractivity contribution in [3.8, 4) is 0 Å². The number of aromatic nitrogens is 1. The van der Waals surface area contributed by atoms with Crippen LogP contribution >= 0.6 is 11.6 Å². The van der Waals surface area contributed by atoms with E-state index < -0.39 is 5.60 Å². The van der Waals surface area contributed by atoms with E-state index in [1.165, 1.54) is 6.20 Å². The topological polar surface area (TPSA) is 74.2 Å². The molecule has 0 bridgehead atoms. The van der Waals surface area contributed by atoms with E-state index in [2.05, 4.69) is 15.6 Å². The highest BCUT2D eigenvalue weighted by Gasteiger charge is 2.33. The monoisotopic (exact) mass is 331 g/mol. The summed E-state index contributed by atoms with van der Waals surface area (Å²) in [6, 6.07) is 10.4. The number of aliphatic hydroxyl groups is 1. The first-order valence-electron chi connectivity index (χ1n) is 7.53. The number of carbonyl (C=O) groups is 1. The second kappa shape index (κ2) is 6.56. The van der Waals surface area contributed by atoms with Crippen LogP contribution in [0.3, 0.4) is 0 Å². The molecule has 1 aliphatic rings. The van der Waals surface area contributed by atoms with Gasteiger partial charge in [-0.05, 0) is 49.6 Å². The van der Waals surface area contributed by atoms with Crippen LogP contribution in [0.4, 0.5) is 11.5 Å². The van der Waals surface area contributed by atoms with Gasteiger partial charge in [0.1, 0.15) is 5.82 Å². The summed E-state index contributed by atoms with van der Waals surface area (Å²) in [5, 5.41) is 16.5. The second-order valence-electron chi connectivity index (χ2n) is 5.83. The third kappa shape index (κ3) is 4.00. The van der Waals surface area contributed by atoms with E-state index in [9.17, 15) is 9.90 Å². The van der Waals surface area contributed by atoms with Gasteiger partial charge in [0.15, 0.2) is 0 Å². The third-order valence-electron chi connectivity index (χ3n) is 3.99. The summed E-state index contributed by atoms with van der Waals surface area (Å²) < 4.78 is 0. The lowest BCUT2D eigenvalue weighted by atomic mass is 9.80. The Bertz CT molecular complexity index is 699. The maximum absolute atomic E-state index is 12.2. The van der Waals surface area contributed by atoms with Crippen LogP contribution in [-0.2, 0) is 0 Å². The molecule has 0 unspecified atom stereocenters. The smallest absolute Gasteiger partial charge is 0.257 e. The zero-order valence-electron chi connectivity index (χ0n) is 12.6. The van der Waals surface area contributed by atoms with E-state index in [-0.39, 0.29) is 5.91 Å². The molecule has 1 saturated carbocycles. The Kier molecular flexibility index (Phi) is 4.50. The van der Waals surface area contributed by atoms with Gasteiger partial charge in [-0.2, -0.15) is 0 Å². The zero-order chi connectivity index (χ0) is 16.3. The summed E-state index contributed by atoms with van der Waals surface area (Å²) in [7, 11) is 0. The Hall–Kier alpha value is -2.11. The van der Waals surface area contributed by atoms with Crippen molar-refractivity contribution < 1.29 is 9.90 Å². The van der Waals surface area contributed by atoms with Gasteiger partial charge in [-0.3, -0.25) is 4.79 Å². The molecule has 0 radical (unpaired) electrons. The van der Waals surface area contributed by atoms with Crippen LogP contribution in [0.15, 0.2) is 42.6 Å². The predicted octanol–water partition coefficient (Wildman–Crippen LogP) is 3.31. The minimum absolute atomic E-state index is 0.246. The van der Waals surface area contributed by atoms with Crippen LogP contribution in [0.25, 0.3) is 0 Å². The summed E-state index contributed by atoms with van der Waals surface area (Å²) in [4.78, 5) is 16.4. The number of pyridine rings is 1. The number of hydrogen-bond donors (Lipinski definition) is 3. The third-order valence-corrected chi connectivity index (χ3v) is 4.23. The lowest BCUT2D eigenvalue weighted by molar-refractivity contribution is -0.0202. The van der Waals surface area contributed by atoms with Crippen molar-refractivity contribution in [1.29, 1.82) is 0 Å². The Morgan fingerprint density at radius 3 is 2.74 bits per heavy atom. The standard InChI is InChI=1S/C17H18ClN3O2/c18-13-3-1-4-14(9-13)21-16(22)12-5-6-15(19-10-12)20-11-17(23)7-2-8-17/h1,3-6,9-10,23H,2,7-8,11H2,(H,19,20)(H,21,22). The molecular weight excluding hydrogens is 314 g/mol. The fourth-order valence-corrected chi connectivity index (χ4v) is 2.61. The van der Waals surface area contributed by atoms with Gasteiger partial charge >= 0.3 is 0 Å². The maximum Gasteiger partial charge on any atom is 0.257 e. The molecule has 0 spiro atoms. The number of halogens is 1. The molecule has 120 valence electrons. The summed E-state index contributed by atoms with van der Waals surface area (Å²) in [6.45, 7) is 0.480. The van der Waals surface area contributed by atoms with Crippen LogP contribution < -0.4 is 10.6 Å². The van der Waals surface area contributed by atoms with E-state index in [1.807, 2.05) is 0 Å². The molecule has 6 heteroatoms. The van der Waals surface area contributed by atoms with Crippen molar-refractivity contribution in [1.82, 2.24) is 4.98 Å². The van der Waals surface area contributed by atoms with Gasteiger partial charge in [0.2, 0.25) is 0 Å². The molecule has 1 aliphatic carbocycles. The predicted molar refractivity (Wildman–Crippen MR) is 90.9 cm³/mol. The lowest BCUT2D eigenvalue weighted by Crippen LogP contribution is -2.43. The number of nitrogens with zero attached hydrogens (tertiary/aromatic N) is 1. The molecule has 1 amide bonds. The molecule has 0 atom stereocenters. The van der Waals surface area contributed by atoms with E-state index in [0.717, 1.165) is 19.3 Å². The largest absolute Gasteiger partial charge is 0.388 e. The van der Waals surface area contributed by atoms with Gasteiger partial charge < -0.3 is 15.7 Å². The summed E-state index contributed by atoms with van der Waals surface area (Å²) in [5.74, 6) is 0.397. The van der Waals surface area contributed by atoms with Crippen molar-refractivity contribution in [3.63, 3.8) is 0 Å². The normalized spacial score (nSPS) is 15.6. The summed E-state index contributed by atoms with van der Waals surface area (Å²) in [6.07, 6.45) is 4.21. The van der Waals surface area contributed by atoms with Gasteiger partial charge in [0, 0.05) is 23.5 Å². The molecule has 3 rings (SSSR count). The van der Waals surface area contributed by atoms with Gasteiger partial charge in [0.05, 0.1) is 11.2 Å². The number of benzene rings is 1. The Morgan fingerprint density at radius 2 is 2.13 bits per heavy atom. The highest BCUT2D eigenvalue weighted by molar-refractivity contribution is 6.30. The van der Waals surface area contributed by atoms with Crippen molar-refractivity contribution in [2.45, 2.75) is 24.9 Å². The van der Waals surface area contributed by atoms with E-state index in [0.29, 0.717) is 28.6 Å². The SMILES string of the molecule is O=C(Nc1cccc(Cl)c1)c1ccc(NCC2(O)CCC2)nc1. The molecule has 3 N–H and O–H groups in total. The number of anilines is 2. The zero-order valence-corrected chi connectivity index (χ0v) is 13.3. The second-order valence-corrected chi connectivity index (χ2v) is 6.26. The number of amides is 1. The molecule has 5 nitrogen and oxygen atoms in total. The number of carbonyl (C=O) groups excluding carboxylic acids is 1. The molecule has 1 fully saturated rings.